The molecule has 1 aromatic heterocycles. The van der Waals surface area contributed by atoms with Crippen LogP contribution in [0.15, 0.2) is 30.3 Å². The summed E-state index contributed by atoms with van der Waals surface area (Å²) < 4.78 is 4.42. The van der Waals surface area contributed by atoms with E-state index < -0.39 is 0 Å². The summed E-state index contributed by atoms with van der Waals surface area (Å²) in [4.78, 5) is 7.13. The van der Waals surface area contributed by atoms with Crippen LogP contribution in [0.25, 0.3) is 11.4 Å². The Morgan fingerprint density at radius 3 is 2.95 bits per heavy atom. The van der Waals surface area contributed by atoms with Gasteiger partial charge < -0.3 is 5.32 Å². The zero-order valence-corrected chi connectivity index (χ0v) is 13.3. The third-order valence-electron chi connectivity index (χ3n) is 4.07. The van der Waals surface area contributed by atoms with Gasteiger partial charge >= 0.3 is 0 Å². The van der Waals surface area contributed by atoms with Crippen molar-refractivity contribution in [1.82, 2.24) is 14.3 Å². The molecule has 0 aliphatic carbocycles. The van der Waals surface area contributed by atoms with Crippen LogP contribution in [0.4, 0.5) is 5.13 Å². The smallest absolute Gasteiger partial charge is 0.202 e. The monoisotopic (exact) mass is 302 g/mol. The van der Waals surface area contributed by atoms with Crippen LogP contribution >= 0.6 is 11.5 Å². The minimum Gasteiger partial charge on any atom is -0.359 e. The lowest BCUT2D eigenvalue weighted by Crippen LogP contribution is -2.40. The lowest BCUT2D eigenvalue weighted by atomic mass is 10.0. The fraction of sp³-hybridized carbons (Fsp3) is 0.500. The number of benzene rings is 1. The minimum absolute atomic E-state index is 0.717. The largest absolute Gasteiger partial charge is 0.359 e. The van der Waals surface area contributed by atoms with Gasteiger partial charge in [0.1, 0.15) is 0 Å². The summed E-state index contributed by atoms with van der Waals surface area (Å²) in [6.07, 6.45) is 4.04. The number of hydrogen-bond acceptors (Lipinski definition) is 5. The van der Waals surface area contributed by atoms with E-state index >= 15 is 0 Å². The molecule has 1 unspecified atom stereocenters. The fourth-order valence-electron chi connectivity index (χ4n) is 2.80. The third-order valence-corrected chi connectivity index (χ3v) is 4.75. The van der Waals surface area contributed by atoms with Gasteiger partial charge in [0.25, 0.3) is 0 Å². The molecule has 0 amide bonds. The van der Waals surface area contributed by atoms with Crippen LogP contribution in [0.3, 0.4) is 0 Å². The molecule has 0 bridgehead atoms. The van der Waals surface area contributed by atoms with Crippen LogP contribution in [-0.4, -0.2) is 39.9 Å². The molecule has 0 radical (unpaired) electrons. The van der Waals surface area contributed by atoms with Crippen LogP contribution in [0.2, 0.25) is 0 Å². The molecule has 1 aliphatic rings. The first-order valence-electron chi connectivity index (χ1n) is 7.70. The highest BCUT2D eigenvalue weighted by molar-refractivity contribution is 7.09. The zero-order valence-electron chi connectivity index (χ0n) is 12.5. The molecule has 1 N–H and O–H groups in total. The predicted molar refractivity (Wildman–Crippen MR) is 88.7 cm³/mol. The lowest BCUT2D eigenvalue weighted by molar-refractivity contribution is 0.167. The molecule has 112 valence electrons. The maximum absolute atomic E-state index is 4.56. The van der Waals surface area contributed by atoms with Gasteiger partial charge in [-0.1, -0.05) is 36.8 Å². The summed E-state index contributed by atoms with van der Waals surface area (Å²) in [5, 5.41) is 4.32. The number of rotatable bonds is 5. The van der Waals surface area contributed by atoms with E-state index in [1.54, 1.807) is 0 Å². The van der Waals surface area contributed by atoms with Crippen LogP contribution in [0.1, 0.15) is 26.2 Å². The van der Waals surface area contributed by atoms with Crippen molar-refractivity contribution in [3.8, 4) is 11.4 Å². The van der Waals surface area contributed by atoms with Crippen LogP contribution in [-0.2, 0) is 0 Å². The molecule has 1 atom stereocenters. The number of likely N-dealkylation sites (tertiary alicyclic amines) is 1. The predicted octanol–water partition coefficient (Wildman–Crippen LogP) is 3.49. The number of piperidine rings is 1. The molecule has 4 nitrogen and oxygen atoms in total. The van der Waals surface area contributed by atoms with E-state index in [1.165, 1.54) is 37.3 Å². The van der Waals surface area contributed by atoms with E-state index in [2.05, 4.69) is 26.5 Å². The van der Waals surface area contributed by atoms with Gasteiger partial charge in [-0.05, 0) is 26.3 Å². The summed E-state index contributed by atoms with van der Waals surface area (Å²) in [6, 6.07) is 10.8. The summed E-state index contributed by atoms with van der Waals surface area (Å²) in [7, 11) is 0. The van der Waals surface area contributed by atoms with Gasteiger partial charge in [0.15, 0.2) is 5.82 Å². The summed E-state index contributed by atoms with van der Waals surface area (Å²) in [5.41, 5.74) is 1.08. The molecule has 2 heterocycles. The van der Waals surface area contributed by atoms with Gasteiger partial charge in [-0.3, -0.25) is 4.90 Å². The Morgan fingerprint density at radius 1 is 1.29 bits per heavy atom. The number of nitrogens with zero attached hydrogens (tertiary/aromatic N) is 3. The standard InChI is InChI=1S/C16H22N4S/c1-13-7-5-6-11-20(13)12-10-17-16-18-15(19-21-16)14-8-3-2-4-9-14/h2-4,8-9,13H,5-7,10-12H2,1H3,(H,17,18,19). The van der Waals surface area contributed by atoms with Gasteiger partial charge in [0, 0.05) is 36.2 Å². The second-order valence-electron chi connectivity index (χ2n) is 5.60. The Morgan fingerprint density at radius 2 is 2.14 bits per heavy atom. The van der Waals surface area contributed by atoms with Crippen molar-refractivity contribution in [2.75, 3.05) is 25.0 Å². The van der Waals surface area contributed by atoms with E-state index in [9.17, 15) is 0 Å². The lowest BCUT2D eigenvalue weighted by Gasteiger charge is -2.33. The molecule has 0 spiro atoms. The molecule has 5 heteroatoms. The summed E-state index contributed by atoms with van der Waals surface area (Å²) in [6.45, 7) is 5.58. The highest BCUT2D eigenvalue weighted by Gasteiger charge is 2.17. The van der Waals surface area contributed by atoms with Gasteiger partial charge in [0.05, 0.1) is 0 Å². The highest BCUT2D eigenvalue weighted by Crippen LogP contribution is 2.21. The fourth-order valence-corrected chi connectivity index (χ4v) is 3.41. The summed E-state index contributed by atoms with van der Waals surface area (Å²) in [5.74, 6) is 0.814. The first-order valence-corrected chi connectivity index (χ1v) is 8.47. The van der Waals surface area contributed by atoms with E-state index in [-0.39, 0.29) is 0 Å². The first-order chi connectivity index (χ1) is 10.3. The van der Waals surface area contributed by atoms with E-state index in [1.807, 2.05) is 30.3 Å². The molecule has 3 rings (SSSR count). The van der Waals surface area contributed by atoms with E-state index in [0.29, 0.717) is 0 Å². The molecular weight excluding hydrogens is 280 g/mol. The molecule has 0 saturated carbocycles. The van der Waals surface area contributed by atoms with Crippen molar-refractivity contribution in [2.45, 2.75) is 32.2 Å². The Labute approximate surface area is 130 Å². The number of anilines is 1. The SMILES string of the molecule is CC1CCCCN1CCNc1nc(-c2ccccc2)ns1. The van der Waals surface area contributed by atoms with Gasteiger partial charge in [-0.15, -0.1) is 0 Å². The van der Waals surface area contributed by atoms with E-state index in [4.69, 9.17) is 0 Å². The molecular formula is C16H22N4S. The van der Waals surface area contributed by atoms with Gasteiger partial charge in [-0.25, -0.2) is 0 Å². The number of hydrogen-bond donors (Lipinski definition) is 1. The van der Waals surface area contributed by atoms with Crippen LogP contribution < -0.4 is 5.32 Å². The Balaban J connectivity index is 1.51. The number of nitrogens with one attached hydrogen (secondary N) is 1. The molecule has 1 aromatic carbocycles. The Bertz CT molecular complexity index is 554. The second-order valence-corrected chi connectivity index (χ2v) is 6.35. The summed E-state index contributed by atoms with van der Waals surface area (Å²) >= 11 is 1.44. The van der Waals surface area contributed by atoms with Crippen molar-refractivity contribution in [2.24, 2.45) is 0 Å². The van der Waals surface area contributed by atoms with Crippen molar-refractivity contribution in [3.63, 3.8) is 0 Å². The topological polar surface area (TPSA) is 41.0 Å². The highest BCUT2D eigenvalue weighted by atomic mass is 32.1. The maximum atomic E-state index is 4.56. The first kappa shape index (κ1) is 14.5. The van der Waals surface area contributed by atoms with Crippen molar-refractivity contribution >= 4 is 16.7 Å². The van der Waals surface area contributed by atoms with Crippen molar-refractivity contribution in [3.05, 3.63) is 30.3 Å². The minimum atomic E-state index is 0.717. The third kappa shape index (κ3) is 3.80. The second kappa shape index (κ2) is 7.00. The quantitative estimate of drug-likeness (QED) is 0.918. The average molecular weight is 302 g/mol. The van der Waals surface area contributed by atoms with E-state index in [0.717, 1.165) is 35.7 Å². The van der Waals surface area contributed by atoms with Crippen molar-refractivity contribution < 1.29 is 0 Å². The average Bonchev–Trinajstić information content (AvgIpc) is 2.99. The molecule has 1 fully saturated rings. The Kier molecular flexibility index (Phi) is 4.83. The Hall–Kier alpha value is -1.46. The zero-order chi connectivity index (χ0) is 14.5. The maximum Gasteiger partial charge on any atom is 0.202 e. The van der Waals surface area contributed by atoms with Gasteiger partial charge in [-0.2, -0.15) is 9.36 Å². The number of aromatic nitrogens is 2. The molecule has 21 heavy (non-hydrogen) atoms. The normalized spacial score (nSPS) is 19.6. The molecule has 2 aromatic rings. The molecule has 1 aliphatic heterocycles. The molecule has 1 saturated heterocycles. The van der Waals surface area contributed by atoms with Gasteiger partial charge in [0.2, 0.25) is 5.13 Å². The van der Waals surface area contributed by atoms with Crippen LogP contribution in [0.5, 0.6) is 0 Å². The van der Waals surface area contributed by atoms with Crippen molar-refractivity contribution in [1.29, 1.82) is 0 Å². The van der Waals surface area contributed by atoms with Crippen LogP contribution in [0, 0.1) is 0 Å².